The minimum absolute atomic E-state index is 0.0214. The minimum atomic E-state index is -1.09. The highest BCUT2D eigenvalue weighted by Crippen LogP contribution is 2.10. The summed E-state index contributed by atoms with van der Waals surface area (Å²) < 4.78 is 0. The minimum Gasteiger partial charge on any atom is -0.550 e. The molecule has 0 aliphatic heterocycles. The van der Waals surface area contributed by atoms with E-state index in [0.29, 0.717) is 23.7 Å². The SMILES string of the molecule is O=C([O-])CCCCC(=O)Nc1ccc(Cl)cn1. The first kappa shape index (κ1) is 13.4. The van der Waals surface area contributed by atoms with E-state index in [1.165, 1.54) is 6.20 Å². The Morgan fingerprint density at radius 2 is 2.00 bits per heavy atom. The van der Waals surface area contributed by atoms with Crippen molar-refractivity contribution in [1.29, 1.82) is 0 Å². The van der Waals surface area contributed by atoms with E-state index in [1.54, 1.807) is 12.1 Å². The summed E-state index contributed by atoms with van der Waals surface area (Å²) in [6.07, 6.45) is 2.62. The van der Waals surface area contributed by atoms with Gasteiger partial charge in [-0.1, -0.05) is 11.6 Å². The van der Waals surface area contributed by atoms with Gasteiger partial charge >= 0.3 is 0 Å². The summed E-state index contributed by atoms with van der Waals surface area (Å²) in [5.74, 6) is -0.859. The van der Waals surface area contributed by atoms with Gasteiger partial charge in [0, 0.05) is 18.6 Å². The van der Waals surface area contributed by atoms with Crippen LogP contribution in [-0.4, -0.2) is 16.9 Å². The molecule has 0 spiro atoms. The number of carboxylic acid groups (broad SMARTS) is 1. The molecule has 17 heavy (non-hydrogen) atoms. The summed E-state index contributed by atoms with van der Waals surface area (Å²) in [4.78, 5) is 25.4. The Morgan fingerprint density at radius 1 is 1.29 bits per heavy atom. The second-order valence-electron chi connectivity index (χ2n) is 3.49. The molecule has 1 N–H and O–H groups in total. The summed E-state index contributed by atoms with van der Waals surface area (Å²) in [6, 6.07) is 3.22. The van der Waals surface area contributed by atoms with E-state index in [0.717, 1.165) is 0 Å². The zero-order chi connectivity index (χ0) is 12.7. The summed E-state index contributed by atoms with van der Waals surface area (Å²) >= 11 is 5.64. The smallest absolute Gasteiger partial charge is 0.225 e. The van der Waals surface area contributed by atoms with Gasteiger partial charge in [0.25, 0.3) is 0 Å². The van der Waals surface area contributed by atoms with Gasteiger partial charge in [0.2, 0.25) is 5.91 Å². The lowest BCUT2D eigenvalue weighted by Crippen LogP contribution is -2.21. The molecule has 0 saturated carbocycles. The molecule has 1 heterocycles. The average Bonchev–Trinajstić information content (AvgIpc) is 2.27. The number of carbonyl (C=O) groups excluding carboxylic acids is 2. The lowest BCUT2D eigenvalue weighted by atomic mass is 10.2. The maximum Gasteiger partial charge on any atom is 0.225 e. The average molecular weight is 256 g/mol. The highest BCUT2D eigenvalue weighted by molar-refractivity contribution is 6.30. The van der Waals surface area contributed by atoms with Crippen molar-refractivity contribution < 1.29 is 14.7 Å². The van der Waals surface area contributed by atoms with Crippen molar-refractivity contribution in [3.63, 3.8) is 0 Å². The summed E-state index contributed by atoms with van der Waals surface area (Å²) in [5, 5.41) is 13.2. The van der Waals surface area contributed by atoms with Crippen molar-refractivity contribution in [2.75, 3.05) is 5.32 Å². The first-order chi connectivity index (χ1) is 8.08. The molecule has 0 unspecified atom stereocenters. The second kappa shape index (κ2) is 6.85. The van der Waals surface area contributed by atoms with Crippen LogP contribution in [0.25, 0.3) is 0 Å². The van der Waals surface area contributed by atoms with Crippen molar-refractivity contribution in [3.8, 4) is 0 Å². The molecule has 0 bridgehead atoms. The molecule has 0 aromatic carbocycles. The largest absolute Gasteiger partial charge is 0.550 e. The Balaban J connectivity index is 2.25. The van der Waals surface area contributed by atoms with Crippen molar-refractivity contribution in [2.24, 2.45) is 0 Å². The number of aliphatic carboxylic acids is 1. The van der Waals surface area contributed by atoms with Crippen molar-refractivity contribution in [3.05, 3.63) is 23.4 Å². The van der Waals surface area contributed by atoms with Crippen LogP contribution in [0, 0.1) is 0 Å². The molecule has 1 aromatic heterocycles. The van der Waals surface area contributed by atoms with Crippen molar-refractivity contribution >= 4 is 29.3 Å². The first-order valence-corrected chi connectivity index (χ1v) is 5.57. The quantitative estimate of drug-likeness (QED) is 0.769. The molecular formula is C11H12ClN2O3-. The van der Waals surface area contributed by atoms with Crippen LogP contribution in [-0.2, 0) is 9.59 Å². The van der Waals surface area contributed by atoms with Crippen LogP contribution in [0.1, 0.15) is 25.7 Å². The Bertz CT molecular complexity index is 392. The number of nitrogens with one attached hydrogen (secondary N) is 1. The van der Waals surface area contributed by atoms with Gasteiger partial charge in [-0.15, -0.1) is 0 Å². The lowest BCUT2D eigenvalue weighted by Gasteiger charge is -2.04. The molecule has 0 atom stereocenters. The molecule has 92 valence electrons. The summed E-state index contributed by atoms with van der Waals surface area (Å²) in [6.45, 7) is 0. The van der Waals surface area contributed by atoms with Gasteiger partial charge in [0.05, 0.1) is 5.02 Å². The third-order valence-corrected chi connectivity index (χ3v) is 2.25. The topological polar surface area (TPSA) is 82.1 Å². The van der Waals surface area contributed by atoms with E-state index >= 15 is 0 Å². The van der Waals surface area contributed by atoms with Gasteiger partial charge in [0.15, 0.2) is 0 Å². The van der Waals surface area contributed by atoms with Crippen LogP contribution < -0.4 is 10.4 Å². The van der Waals surface area contributed by atoms with Gasteiger partial charge in [-0.25, -0.2) is 4.98 Å². The fraction of sp³-hybridized carbons (Fsp3) is 0.364. The summed E-state index contributed by atoms with van der Waals surface area (Å²) in [5.41, 5.74) is 0. The number of rotatable bonds is 6. The van der Waals surface area contributed by atoms with E-state index in [-0.39, 0.29) is 18.7 Å². The lowest BCUT2D eigenvalue weighted by molar-refractivity contribution is -0.305. The normalized spacial score (nSPS) is 9.94. The van der Waals surface area contributed by atoms with E-state index < -0.39 is 5.97 Å². The first-order valence-electron chi connectivity index (χ1n) is 5.19. The van der Waals surface area contributed by atoms with Crippen molar-refractivity contribution in [2.45, 2.75) is 25.7 Å². The molecular weight excluding hydrogens is 244 g/mol. The van der Waals surface area contributed by atoms with Gasteiger partial charge in [-0.3, -0.25) is 4.79 Å². The van der Waals surface area contributed by atoms with E-state index in [1.807, 2.05) is 0 Å². The van der Waals surface area contributed by atoms with Gasteiger partial charge in [0.1, 0.15) is 5.82 Å². The second-order valence-corrected chi connectivity index (χ2v) is 3.93. The number of nitrogens with zero attached hydrogens (tertiary/aromatic N) is 1. The van der Waals surface area contributed by atoms with Crippen LogP contribution in [0.3, 0.4) is 0 Å². The third-order valence-electron chi connectivity index (χ3n) is 2.03. The number of amides is 1. The predicted octanol–water partition coefficient (Wildman–Crippen LogP) is 0.984. The number of carboxylic acids is 1. The Kier molecular flexibility index (Phi) is 5.42. The number of carbonyl (C=O) groups is 2. The highest BCUT2D eigenvalue weighted by atomic mass is 35.5. The van der Waals surface area contributed by atoms with E-state index in [9.17, 15) is 14.7 Å². The monoisotopic (exact) mass is 255 g/mol. The number of halogens is 1. The van der Waals surface area contributed by atoms with Crippen molar-refractivity contribution in [1.82, 2.24) is 4.98 Å². The number of unbranched alkanes of at least 4 members (excludes halogenated alkanes) is 1. The van der Waals surface area contributed by atoms with Crippen LogP contribution in [0.2, 0.25) is 5.02 Å². The molecule has 1 rings (SSSR count). The Morgan fingerprint density at radius 3 is 2.59 bits per heavy atom. The van der Waals surface area contributed by atoms with Gasteiger partial charge in [-0.05, 0) is 31.4 Å². The van der Waals surface area contributed by atoms with E-state index in [4.69, 9.17) is 11.6 Å². The summed E-state index contributed by atoms with van der Waals surface area (Å²) in [7, 11) is 0. The molecule has 0 radical (unpaired) electrons. The molecule has 5 nitrogen and oxygen atoms in total. The molecule has 0 saturated heterocycles. The maximum atomic E-state index is 11.4. The van der Waals surface area contributed by atoms with Gasteiger partial charge < -0.3 is 15.2 Å². The number of hydrogen-bond acceptors (Lipinski definition) is 4. The van der Waals surface area contributed by atoms with Gasteiger partial charge in [-0.2, -0.15) is 0 Å². The third kappa shape index (κ3) is 5.87. The standard InChI is InChI=1S/C11H13ClN2O3/c12-8-5-6-9(13-7-8)14-10(15)3-1-2-4-11(16)17/h5-7H,1-4H2,(H,16,17)(H,13,14,15)/p-1. The maximum absolute atomic E-state index is 11.4. The molecule has 0 aliphatic carbocycles. The van der Waals surface area contributed by atoms with Crippen LogP contribution in [0.4, 0.5) is 5.82 Å². The number of aromatic nitrogens is 1. The Labute approximate surface area is 104 Å². The number of pyridine rings is 1. The Hall–Kier alpha value is -1.62. The molecule has 1 amide bonds. The fourth-order valence-electron chi connectivity index (χ4n) is 1.21. The number of anilines is 1. The fourth-order valence-corrected chi connectivity index (χ4v) is 1.32. The van der Waals surface area contributed by atoms with E-state index in [2.05, 4.69) is 10.3 Å². The van der Waals surface area contributed by atoms with Crippen LogP contribution in [0.5, 0.6) is 0 Å². The predicted molar refractivity (Wildman–Crippen MR) is 61.4 cm³/mol. The zero-order valence-corrected chi connectivity index (χ0v) is 9.87. The zero-order valence-electron chi connectivity index (χ0n) is 9.11. The number of hydrogen-bond donors (Lipinski definition) is 1. The van der Waals surface area contributed by atoms with Crippen LogP contribution in [0.15, 0.2) is 18.3 Å². The molecule has 6 heteroatoms. The molecule has 0 aliphatic rings. The molecule has 0 fully saturated rings. The van der Waals surface area contributed by atoms with Crippen LogP contribution >= 0.6 is 11.6 Å². The highest BCUT2D eigenvalue weighted by Gasteiger charge is 2.02. The molecule has 1 aromatic rings.